The van der Waals surface area contributed by atoms with Gasteiger partial charge in [-0.2, -0.15) is 0 Å². The lowest BCUT2D eigenvalue weighted by atomic mass is 10.3. The molecule has 3 heteroatoms. The van der Waals surface area contributed by atoms with E-state index in [9.17, 15) is 4.79 Å². The number of ether oxygens (including phenoxy) is 2. The average molecular weight is 170 g/mol. The van der Waals surface area contributed by atoms with E-state index in [1.54, 1.807) is 13.8 Å². The van der Waals surface area contributed by atoms with Crippen LogP contribution < -0.4 is 0 Å². The summed E-state index contributed by atoms with van der Waals surface area (Å²) in [7, 11) is 0. The fourth-order valence-corrected chi connectivity index (χ4v) is 0.521. The van der Waals surface area contributed by atoms with Crippen molar-refractivity contribution in [3.63, 3.8) is 0 Å². The van der Waals surface area contributed by atoms with E-state index >= 15 is 0 Å². The van der Waals surface area contributed by atoms with Gasteiger partial charge in [0, 0.05) is 5.57 Å². The van der Waals surface area contributed by atoms with Gasteiger partial charge in [-0.1, -0.05) is 13.2 Å². The highest BCUT2D eigenvalue weighted by Gasteiger charge is 2.09. The van der Waals surface area contributed by atoms with Crippen molar-refractivity contribution in [2.45, 2.75) is 20.0 Å². The molecule has 0 aromatic rings. The minimum Gasteiger partial charge on any atom is -0.498 e. The van der Waals surface area contributed by atoms with E-state index in [0.717, 1.165) is 0 Å². The second-order valence-electron chi connectivity index (χ2n) is 2.50. The van der Waals surface area contributed by atoms with Crippen molar-refractivity contribution in [3.8, 4) is 0 Å². The van der Waals surface area contributed by atoms with E-state index in [1.165, 1.54) is 6.26 Å². The van der Waals surface area contributed by atoms with Crippen LogP contribution in [0.25, 0.3) is 0 Å². The van der Waals surface area contributed by atoms with Crippen molar-refractivity contribution in [2.75, 3.05) is 6.61 Å². The average Bonchev–Trinajstić information content (AvgIpc) is 2.00. The zero-order valence-electron chi connectivity index (χ0n) is 7.50. The number of hydrogen-bond donors (Lipinski definition) is 0. The van der Waals surface area contributed by atoms with Gasteiger partial charge in [-0.3, -0.25) is 0 Å². The van der Waals surface area contributed by atoms with Crippen LogP contribution in [-0.2, 0) is 14.3 Å². The largest absolute Gasteiger partial charge is 0.498 e. The molecule has 1 atom stereocenters. The van der Waals surface area contributed by atoms with Crippen LogP contribution in [0.15, 0.2) is 25.0 Å². The Morgan fingerprint density at radius 2 is 2.25 bits per heavy atom. The molecule has 68 valence electrons. The molecule has 12 heavy (non-hydrogen) atoms. The summed E-state index contributed by atoms with van der Waals surface area (Å²) in [5.41, 5.74) is 0.389. The number of carbonyl (C=O) groups is 1. The molecule has 0 amide bonds. The molecule has 1 unspecified atom stereocenters. The van der Waals surface area contributed by atoms with E-state index in [1.807, 2.05) is 0 Å². The van der Waals surface area contributed by atoms with Crippen molar-refractivity contribution >= 4 is 5.97 Å². The molecule has 0 fully saturated rings. The first-order chi connectivity index (χ1) is 5.57. The zero-order valence-corrected chi connectivity index (χ0v) is 7.50. The third-order valence-electron chi connectivity index (χ3n) is 1.11. The van der Waals surface area contributed by atoms with E-state index in [0.29, 0.717) is 12.2 Å². The maximum atomic E-state index is 10.9. The lowest BCUT2D eigenvalue weighted by Crippen LogP contribution is -2.19. The molecular formula is C9H14O3. The monoisotopic (exact) mass is 170 g/mol. The number of esters is 1. The maximum Gasteiger partial charge on any atom is 0.333 e. The van der Waals surface area contributed by atoms with Gasteiger partial charge in [-0.15, -0.1) is 0 Å². The molecule has 0 saturated carbocycles. The number of carbonyl (C=O) groups excluding carboxylic acids is 1. The summed E-state index contributed by atoms with van der Waals surface area (Å²) in [6.45, 7) is 10.5. The Morgan fingerprint density at radius 1 is 1.67 bits per heavy atom. The summed E-state index contributed by atoms with van der Waals surface area (Å²) in [6, 6.07) is 0. The summed E-state index contributed by atoms with van der Waals surface area (Å²) in [4.78, 5) is 10.9. The molecule has 0 rings (SSSR count). The van der Waals surface area contributed by atoms with Gasteiger partial charge in [0.25, 0.3) is 0 Å². The Bertz CT molecular complexity index is 184. The van der Waals surface area contributed by atoms with Crippen LogP contribution in [-0.4, -0.2) is 18.7 Å². The summed E-state index contributed by atoms with van der Waals surface area (Å²) < 4.78 is 9.74. The van der Waals surface area contributed by atoms with Crippen LogP contribution in [0.2, 0.25) is 0 Å². The second kappa shape index (κ2) is 5.41. The highest BCUT2D eigenvalue weighted by molar-refractivity contribution is 5.87. The van der Waals surface area contributed by atoms with Gasteiger partial charge in [-0.25, -0.2) is 4.79 Å². The van der Waals surface area contributed by atoms with E-state index in [-0.39, 0.29) is 6.10 Å². The van der Waals surface area contributed by atoms with Crippen molar-refractivity contribution in [3.05, 3.63) is 25.0 Å². The molecule has 0 bridgehead atoms. The molecule has 0 radical (unpaired) electrons. The van der Waals surface area contributed by atoms with E-state index in [4.69, 9.17) is 9.47 Å². The molecule has 0 heterocycles. The lowest BCUT2D eigenvalue weighted by molar-refractivity contribution is -0.145. The molecule has 0 aromatic heterocycles. The summed E-state index contributed by atoms with van der Waals surface area (Å²) >= 11 is 0. The molecule has 0 spiro atoms. The molecule has 0 N–H and O–H groups in total. The summed E-state index contributed by atoms with van der Waals surface area (Å²) in [5, 5.41) is 0. The highest BCUT2D eigenvalue weighted by atomic mass is 16.6. The lowest BCUT2D eigenvalue weighted by Gasteiger charge is -2.11. The smallest absolute Gasteiger partial charge is 0.333 e. The van der Waals surface area contributed by atoms with Crippen molar-refractivity contribution in [2.24, 2.45) is 0 Å². The molecule has 0 aromatic carbocycles. The van der Waals surface area contributed by atoms with Gasteiger partial charge < -0.3 is 9.47 Å². The first kappa shape index (κ1) is 10.8. The van der Waals surface area contributed by atoms with Crippen LogP contribution in [0.1, 0.15) is 13.8 Å². The summed E-state index contributed by atoms with van der Waals surface area (Å²) in [6.07, 6.45) is 1.04. The van der Waals surface area contributed by atoms with Crippen molar-refractivity contribution < 1.29 is 14.3 Å². The van der Waals surface area contributed by atoms with Crippen molar-refractivity contribution in [1.29, 1.82) is 0 Å². The SMILES string of the molecule is C=COCC(C)OC(=O)C(=C)C. The third kappa shape index (κ3) is 4.55. The Morgan fingerprint density at radius 3 is 2.67 bits per heavy atom. The molecule has 0 aliphatic rings. The van der Waals surface area contributed by atoms with E-state index < -0.39 is 5.97 Å². The molecule has 0 aliphatic heterocycles. The summed E-state index contributed by atoms with van der Waals surface area (Å²) in [5.74, 6) is -0.393. The molecule has 0 saturated heterocycles. The van der Waals surface area contributed by atoms with Crippen molar-refractivity contribution in [1.82, 2.24) is 0 Å². The Hall–Kier alpha value is -1.25. The predicted molar refractivity (Wildman–Crippen MR) is 46.5 cm³/mol. The Balaban J connectivity index is 3.68. The van der Waals surface area contributed by atoms with Gasteiger partial charge in [0.05, 0.1) is 6.26 Å². The fourth-order valence-electron chi connectivity index (χ4n) is 0.521. The van der Waals surface area contributed by atoms with Crippen LogP contribution in [0.3, 0.4) is 0 Å². The Labute approximate surface area is 72.7 Å². The fraction of sp³-hybridized carbons (Fsp3) is 0.444. The normalized spacial score (nSPS) is 11.5. The standard InChI is InChI=1S/C9H14O3/c1-5-11-6-8(4)12-9(10)7(2)3/h5,8H,1-2,6H2,3-4H3. The predicted octanol–water partition coefficient (Wildman–Crippen LogP) is 1.65. The van der Waals surface area contributed by atoms with Crippen LogP contribution in [0.5, 0.6) is 0 Å². The quantitative estimate of drug-likeness (QED) is 0.357. The zero-order chi connectivity index (χ0) is 9.56. The van der Waals surface area contributed by atoms with Gasteiger partial charge in [-0.05, 0) is 13.8 Å². The number of hydrogen-bond acceptors (Lipinski definition) is 3. The van der Waals surface area contributed by atoms with Gasteiger partial charge in [0.1, 0.15) is 12.7 Å². The molecule has 0 aliphatic carbocycles. The molecule has 3 nitrogen and oxygen atoms in total. The minimum absolute atomic E-state index is 0.271. The van der Waals surface area contributed by atoms with Crippen LogP contribution in [0, 0.1) is 0 Å². The van der Waals surface area contributed by atoms with Gasteiger partial charge >= 0.3 is 5.97 Å². The van der Waals surface area contributed by atoms with Gasteiger partial charge in [0.2, 0.25) is 0 Å². The van der Waals surface area contributed by atoms with E-state index in [2.05, 4.69) is 13.2 Å². The highest BCUT2D eigenvalue weighted by Crippen LogP contribution is 1.98. The second-order valence-corrected chi connectivity index (χ2v) is 2.50. The van der Waals surface area contributed by atoms with Crippen LogP contribution >= 0.6 is 0 Å². The van der Waals surface area contributed by atoms with Crippen LogP contribution in [0.4, 0.5) is 0 Å². The topological polar surface area (TPSA) is 35.5 Å². The minimum atomic E-state index is -0.393. The third-order valence-corrected chi connectivity index (χ3v) is 1.11. The molecular weight excluding hydrogens is 156 g/mol. The number of rotatable bonds is 5. The first-order valence-electron chi connectivity index (χ1n) is 3.67. The Kier molecular flexibility index (Phi) is 4.84. The first-order valence-corrected chi connectivity index (χ1v) is 3.67. The maximum absolute atomic E-state index is 10.9. The van der Waals surface area contributed by atoms with Gasteiger partial charge in [0.15, 0.2) is 0 Å².